The molecule has 0 aromatic heterocycles. The number of fused-ring (bicyclic) bond motifs is 4. The molecule has 2 saturated carbocycles. The van der Waals surface area contributed by atoms with Gasteiger partial charge in [-0.05, 0) is 106 Å². The molecule has 10 rings (SSSR count). The molecule has 0 radical (unpaired) electrons. The van der Waals surface area contributed by atoms with Gasteiger partial charge < -0.3 is 23.7 Å². The normalized spacial score (nSPS) is 51.3. The highest BCUT2D eigenvalue weighted by atomic mass is 32.2. The fraction of sp³-hybridized carbons (Fsp3) is 0.974. The van der Waals surface area contributed by atoms with Crippen molar-refractivity contribution in [2.75, 3.05) is 18.1 Å². The second-order valence-electron chi connectivity index (χ2n) is 17.7. The van der Waals surface area contributed by atoms with Crippen molar-refractivity contribution in [1.29, 1.82) is 0 Å². The lowest BCUT2D eigenvalue weighted by Crippen LogP contribution is -2.70. The average molecular weight is 755 g/mol. The van der Waals surface area contributed by atoms with E-state index in [0.29, 0.717) is 60.2 Å². The zero-order chi connectivity index (χ0) is 35.6. The Morgan fingerprint density at radius 1 is 0.627 bits per heavy atom. The first-order chi connectivity index (χ1) is 24.5. The minimum atomic E-state index is -0.769. The SMILES string of the molecule is C[C@H]1[C@H](SCCCCCCOC(=O)CCSC2O[C@@H]3OC4(C)CC[C@H]5[C@H](C)CC[C@@H]([C@H]2C)[C@@]35OO4)O[C@@H]2OC3(C)CC[C@H]4[C@H](C)CC[C@@H]1[C@@]24OO3. The summed E-state index contributed by atoms with van der Waals surface area (Å²) in [5.74, 6) is 3.28. The van der Waals surface area contributed by atoms with Gasteiger partial charge in [0.2, 0.25) is 11.6 Å². The van der Waals surface area contributed by atoms with E-state index in [9.17, 15) is 4.79 Å². The smallest absolute Gasteiger partial charge is 0.306 e. The number of rotatable bonds is 12. The van der Waals surface area contributed by atoms with Crippen LogP contribution in [0.1, 0.15) is 125 Å². The van der Waals surface area contributed by atoms with Gasteiger partial charge in [0.1, 0.15) is 10.9 Å². The van der Waals surface area contributed by atoms with Crippen LogP contribution in [0.2, 0.25) is 0 Å². The summed E-state index contributed by atoms with van der Waals surface area (Å²) >= 11 is 3.63. The van der Waals surface area contributed by atoms with E-state index in [1.54, 1.807) is 11.8 Å². The third-order valence-corrected chi connectivity index (χ3v) is 17.1. The number of carbonyl (C=O) groups is 1. The summed E-state index contributed by atoms with van der Waals surface area (Å²) in [4.78, 5) is 37.1. The fourth-order valence-electron chi connectivity index (χ4n) is 11.4. The van der Waals surface area contributed by atoms with Crippen LogP contribution in [0.3, 0.4) is 0 Å². The Labute approximate surface area is 313 Å². The van der Waals surface area contributed by atoms with E-state index in [0.717, 1.165) is 70.0 Å². The van der Waals surface area contributed by atoms with E-state index in [2.05, 4.69) is 27.7 Å². The van der Waals surface area contributed by atoms with Gasteiger partial charge in [0, 0.05) is 30.4 Å². The lowest BCUT2D eigenvalue weighted by atomic mass is 9.58. The number of thioether (sulfide) groups is 2. The molecule has 0 aromatic rings. The highest BCUT2D eigenvalue weighted by molar-refractivity contribution is 8.00. The van der Waals surface area contributed by atoms with Crippen LogP contribution in [-0.2, 0) is 48.0 Å². The third kappa shape index (κ3) is 6.67. The monoisotopic (exact) mass is 754 g/mol. The highest BCUT2D eigenvalue weighted by Crippen LogP contribution is 2.63. The minimum absolute atomic E-state index is 0.0521. The number of carbonyl (C=O) groups excluding carboxylic acids is 1. The Morgan fingerprint density at radius 2 is 1.14 bits per heavy atom. The minimum Gasteiger partial charge on any atom is -0.466 e. The quantitative estimate of drug-likeness (QED) is 0.109. The Bertz CT molecular complexity index is 1260. The Kier molecular flexibility index (Phi) is 10.9. The number of esters is 1. The maximum Gasteiger partial charge on any atom is 0.306 e. The molecular weight excluding hydrogens is 693 g/mol. The van der Waals surface area contributed by atoms with E-state index < -0.39 is 29.1 Å². The molecule has 2 aliphatic carbocycles. The Balaban J connectivity index is 0.726. The van der Waals surface area contributed by atoms with Crippen LogP contribution in [-0.4, -0.2) is 70.3 Å². The molecule has 290 valence electrons. The summed E-state index contributed by atoms with van der Waals surface area (Å²) in [6, 6.07) is 0. The maximum absolute atomic E-state index is 12.6. The zero-order valence-electron chi connectivity index (χ0n) is 31.6. The van der Waals surface area contributed by atoms with E-state index in [4.69, 9.17) is 43.2 Å². The number of unbranched alkanes of at least 4 members (excludes halogenated alkanes) is 3. The maximum atomic E-state index is 12.6. The van der Waals surface area contributed by atoms with Gasteiger partial charge in [-0.15, -0.1) is 23.5 Å². The van der Waals surface area contributed by atoms with Gasteiger partial charge in [0.15, 0.2) is 23.8 Å². The lowest BCUT2D eigenvalue weighted by molar-refractivity contribution is -0.568. The summed E-state index contributed by atoms with van der Waals surface area (Å²) in [6.07, 6.45) is 12.1. The molecule has 10 fully saturated rings. The van der Waals surface area contributed by atoms with Gasteiger partial charge in [-0.25, -0.2) is 19.6 Å². The van der Waals surface area contributed by atoms with Crippen molar-refractivity contribution in [3.8, 4) is 0 Å². The van der Waals surface area contributed by atoms with Crippen LogP contribution < -0.4 is 0 Å². The number of ether oxygens (including phenoxy) is 5. The Morgan fingerprint density at radius 3 is 1.69 bits per heavy atom. The van der Waals surface area contributed by atoms with Crippen LogP contribution in [0.15, 0.2) is 0 Å². The standard InChI is InChI=1S/C39H62O10S2/c1-23-11-13-29-25(3)32(42-34-38(29)27(23)15-18-36(5,44-34)46-48-38)50-21-10-8-7-9-20-41-31(40)17-22-51-33-26(4)30-14-12-24(2)28-16-19-37(6)45-35(43-33)39(28,30)49-47-37/h23-30,32-35H,7-22H2,1-6H3/t23-,24-,25-,26-,27+,28+,29+,30+,32+,33?,34-,35-,36?,37?,38-,39-/m1/s1. The molecule has 10 aliphatic rings. The lowest BCUT2D eigenvalue weighted by Gasteiger charge is -2.60. The summed E-state index contributed by atoms with van der Waals surface area (Å²) in [7, 11) is 0. The molecule has 8 heterocycles. The number of hydrogen-bond donors (Lipinski definition) is 0. The van der Waals surface area contributed by atoms with Crippen LogP contribution >= 0.6 is 23.5 Å². The van der Waals surface area contributed by atoms with Crippen LogP contribution in [0.4, 0.5) is 0 Å². The van der Waals surface area contributed by atoms with Crippen molar-refractivity contribution in [3.05, 3.63) is 0 Å². The van der Waals surface area contributed by atoms with E-state index in [1.807, 2.05) is 25.6 Å². The van der Waals surface area contributed by atoms with Crippen molar-refractivity contribution < 1.29 is 48.0 Å². The molecule has 8 saturated heterocycles. The second kappa shape index (κ2) is 14.7. The van der Waals surface area contributed by atoms with Crippen LogP contribution in [0, 0.1) is 47.3 Å². The molecule has 16 atom stereocenters. The third-order valence-electron chi connectivity index (χ3n) is 14.4. The average Bonchev–Trinajstić information content (AvgIpc) is 3.48. The second-order valence-corrected chi connectivity index (χ2v) is 20.1. The molecule has 2 spiro atoms. The molecule has 12 heteroatoms. The summed E-state index contributed by atoms with van der Waals surface area (Å²) in [5.41, 5.74) is -0.990. The molecule has 51 heavy (non-hydrogen) atoms. The van der Waals surface area contributed by atoms with E-state index in [-0.39, 0.29) is 29.0 Å². The van der Waals surface area contributed by atoms with Gasteiger partial charge in [-0.3, -0.25) is 4.79 Å². The van der Waals surface area contributed by atoms with Gasteiger partial charge in [-0.1, -0.05) is 40.5 Å². The molecule has 4 bridgehead atoms. The van der Waals surface area contributed by atoms with Gasteiger partial charge in [-0.2, -0.15) is 0 Å². The highest BCUT2D eigenvalue weighted by Gasteiger charge is 2.70. The molecular formula is C39H62O10S2. The zero-order valence-corrected chi connectivity index (χ0v) is 33.3. The van der Waals surface area contributed by atoms with Gasteiger partial charge in [0.25, 0.3) is 0 Å². The molecule has 3 unspecified atom stereocenters. The number of hydrogen-bond acceptors (Lipinski definition) is 12. The molecule has 10 nitrogen and oxygen atoms in total. The van der Waals surface area contributed by atoms with Crippen LogP contribution in [0.5, 0.6) is 0 Å². The summed E-state index contributed by atoms with van der Waals surface area (Å²) in [6.45, 7) is 13.7. The summed E-state index contributed by atoms with van der Waals surface area (Å²) in [5, 5.41) is 0. The first kappa shape index (κ1) is 37.8. The van der Waals surface area contributed by atoms with Crippen LogP contribution in [0.25, 0.3) is 0 Å². The topological polar surface area (TPSA) is 100 Å². The van der Waals surface area contributed by atoms with Crippen molar-refractivity contribution in [2.24, 2.45) is 47.3 Å². The predicted molar refractivity (Wildman–Crippen MR) is 193 cm³/mol. The first-order valence-electron chi connectivity index (χ1n) is 20.3. The predicted octanol–water partition coefficient (Wildman–Crippen LogP) is 8.36. The van der Waals surface area contributed by atoms with Crippen molar-refractivity contribution in [2.45, 2.75) is 171 Å². The van der Waals surface area contributed by atoms with Crippen molar-refractivity contribution in [1.82, 2.24) is 0 Å². The van der Waals surface area contributed by atoms with Gasteiger partial charge in [0.05, 0.1) is 13.0 Å². The largest absolute Gasteiger partial charge is 0.466 e. The van der Waals surface area contributed by atoms with E-state index >= 15 is 0 Å². The molecule has 0 amide bonds. The van der Waals surface area contributed by atoms with E-state index in [1.165, 1.54) is 12.8 Å². The van der Waals surface area contributed by atoms with Crippen molar-refractivity contribution >= 4 is 29.5 Å². The molecule has 0 N–H and O–H groups in total. The van der Waals surface area contributed by atoms with Crippen molar-refractivity contribution in [3.63, 3.8) is 0 Å². The summed E-state index contributed by atoms with van der Waals surface area (Å²) < 4.78 is 32.0. The molecule has 8 aliphatic heterocycles. The molecule has 0 aromatic carbocycles. The Hall–Kier alpha value is -0.150. The fourth-order valence-corrected chi connectivity index (χ4v) is 13.9. The van der Waals surface area contributed by atoms with Gasteiger partial charge >= 0.3 is 5.97 Å². The first-order valence-corrected chi connectivity index (χ1v) is 22.4.